The van der Waals surface area contributed by atoms with Gasteiger partial charge in [-0.2, -0.15) is 0 Å². The summed E-state index contributed by atoms with van der Waals surface area (Å²) >= 11 is 2.12. The molecule has 0 unspecified atom stereocenters. The Bertz CT molecular complexity index is 760. The third-order valence-corrected chi connectivity index (χ3v) is 4.57. The average Bonchev–Trinajstić information content (AvgIpc) is 2.41. The highest BCUT2D eigenvalue weighted by molar-refractivity contribution is 14.1. The Morgan fingerprint density at radius 2 is 1.81 bits per heavy atom. The van der Waals surface area contributed by atoms with E-state index >= 15 is 0 Å². The quantitative estimate of drug-likeness (QED) is 0.459. The highest BCUT2D eigenvalue weighted by Gasteiger charge is 2.14. The number of nitrogens with zero attached hydrogens (tertiary/aromatic N) is 1. The van der Waals surface area contributed by atoms with Crippen molar-refractivity contribution in [2.24, 2.45) is 0 Å². The van der Waals surface area contributed by atoms with Crippen molar-refractivity contribution in [2.75, 3.05) is 4.72 Å². The molecule has 0 aliphatic carbocycles. The van der Waals surface area contributed by atoms with Crippen molar-refractivity contribution in [3.63, 3.8) is 0 Å². The minimum Gasteiger partial charge on any atom is -0.283 e. The SMILES string of the molecule is O=[N+]([O-])c1cccc(CS(=O)(=O)Nc2ccc(I)cc2)c1. The minimum absolute atomic E-state index is 0.128. The van der Waals surface area contributed by atoms with Gasteiger partial charge in [-0.05, 0) is 52.4 Å². The Labute approximate surface area is 135 Å². The third-order valence-electron chi connectivity index (χ3n) is 2.60. The zero-order chi connectivity index (χ0) is 15.5. The van der Waals surface area contributed by atoms with Gasteiger partial charge in [-0.3, -0.25) is 14.8 Å². The second-order valence-electron chi connectivity index (χ2n) is 4.30. The van der Waals surface area contributed by atoms with Crippen LogP contribution >= 0.6 is 22.6 Å². The number of nitro groups is 1. The Morgan fingerprint density at radius 3 is 2.43 bits per heavy atom. The van der Waals surface area contributed by atoms with E-state index < -0.39 is 14.9 Å². The number of benzene rings is 2. The van der Waals surface area contributed by atoms with Crippen molar-refractivity contribution in [1.82, 2.24) is 0 Å². The van der Waals surface area contributed by atoms with E-state index in [9.17, 15) is 18.5 Å². The maximum Gasteiger partial charge on any atom is 0.269 e. The van der Waals surface area contributed by atoms with Gasteiger partial charge in [-0.15, -0.1) is 0 Å². The van der Waals surface area contributed by atoms with Gasteiger partial charge in [-0.1, -0.05) is 12.1 Å². The number of sulfonamides is 1. The molecule has 0 atom stereocenters. The number of nitro benzene ring substituents is 1. The van der Waals surface area contributed by atoms with Crippen LogP contribution < -0.4 is 4.72 Å². The van der Waals surface area contributed by atoms with E-state index in [2.05, 4.69) is 27.3 Å². The molecule has 0 radical (unpaired) electrons. The molecular formula is C13H11IN2O4S. The molecule has 2 aromatic rings. The molecule has 0 saturated heterocycles. The fourth-order valence-electron chi connectivity index (χ4n) is 1.71. The van der Waals surface area contributed by atoms with E-state index in [1.807, 2.05) is 0 Å². The summed E-state index contributed by atoms with van der Waals surface area (Å²) in [5.74, 6) is -0.319. The average molecular weight is 418 g/mol. The molecule has 0 spiro atoms. The summed E-state index contributed by atoms with van der Waals surface area (Å²) in [5, 5.41) is 10.7. The van der Waals surface area contributed by atoms with Crippen LogP contribution in [-0.4, -0.2) is 13.3 Å². The summed E-state index contributed by atoms with van der Waals surface area (Å²) in [4.78, 5) is 10.1. The topological polar surface area (TPSA) is 89.3 Å². The van der Waals surface area contributed by atoms with Gasteiger partial charge in [0.1, 0.15) is 0 Å². The number of non-ortho nitro benzene ring substituents is 1. The van der Waals surface area contributed by atoms with Crippen LogP contribution in [0.2, 0.25) is 0 Å². The van der Waals surface area contributed by atoms with Crippen molar-refractivity contribution in [2.45, 2.75) is 5.75 Å². The van der Waals surface area contributed by atoms with Crippen molar-refractivity contribution >= 4 is 44.0 Å². The smallest absolute Gasteiger partial charge is 0.269 e. The first-order valence-corrected chi connectivity index (χ1v) is 8.58. The van der Waals surface area contributed by atoms with Gasteiger partial charge < -0.3 is 0 Å². The number of nitrogens with one attached hydrogen (secondary N) is 1. The Hall–Kier alpha value is -1.68. The predicted octanol–water partition coefficient (Wildman–Crippen LogP) is 3.14. The standard InChI is InChI=1S/C13H11IN2O4S/c14-11-4-6-12(7-5-11)15-21(19,20)9-10-2-1-3-13(8-10)16(17)18/h1-8,15H,9H2. The Morgan fingerprint density at radius 1 is 1.14 bits per heavy atom. The van der Waals surface area contributed by atoms with Crippen LogP contribution in [0.15, 0.2) is 48.5 Å². The summed E-state index contributed by atoms with van der Waals surface area (Å²) in [6.45, 7) is 0. The molecule has 0 heterocycles. The highest BCUT2D eigenvalue weighted by atomic mass is 127. The van der Waals surface area contributed by atoms with Gasteiger partial charge in [-0.25, -0.2) is 8.42 Å². The molecule has 110 valence electrons. The van der Waals surface area contributed by atoms with E-state index in [-0.39, 0.29) is 11.4 Å². The molecule has 6 nitrogen and oxygen atoms in total. The summed E-state index contributed by atoms with van der Waals surface area (Å²) < 4.78 is 27.5. The maximum absolute atomic E-state index is 12.1. The van der Waals surface area contributed by atoms with Crippen molar-refractivity contribution in [3.05, 3.63) is 67.8 Å². The van der Waals surface area contributed by atoms with Crippen LogP contribution in [0.3, 0.4) is 0 Å². The number of anilines is 1. The fraction of sp³-hybridized carbons (Fsp3) is 0.0769. The van der Waals surface area contributed by atoms with Gasteiger partial charge in [0.25, 0.3) is 5.69 Å². The van der Waals surface area contributed by atoms with Crippen molar-refractivity contribution in [3.8, 4) is 0 Å². The summed E-state index contributed by atoms with van der Waals surface area (Å²) in [5.41, 5.74) is 0.694. The van der Waals surface area contributed by atoms with E-state index in [1.165, 1.54) is 18.2 Å². The lowest BCUT2D eigenvalue weighted by Crippen LogP contribution is -2.15. The Balaban J connectivity index is 2.15. The van der Waals surface area contributed by atoms with E-state index in [0.717, 1.165) is 3.57 Å². The summed E-state index contributed by atoms with van der Waals surface area (Å²) in [7, 11) is -3.62. The molecule has 1 N–H and O–H groups in total. The van der Waals surface area contributed by atoms with Gasteiger partial charge in [0.2, 0.25) is 10.0 Å². The number of rotatable bonds is 5. The van der Waals surface area contributed by atoms with Crippen LogP contribution in [0, 0.1) is 13.7 Å². The molecule has 2 rings (SSSR count). The molecule has 0 aliphatic rings. The zero-order valence-electron chi connectivity index (χ0n) is 10.7. The molecule has 21 heavy (non-hydrogen) atoms. The van der Waals surface area contributed by atoms with E-state index in [0.29, 0.717) is 11.3 Å². The van der Waals surface area contributed by atoms with E-state index in [4.69, 9.17) is 0 Å². The molecule has 0 aromatic heterocycles. The first kappa shape index (κ1) is 15.7. The minimum atomic E-state index is -3.62. The second kappa shape index (κ2) is 6.39. The molecule has 0 bridgehead atoms. The molecule has 0 fully saturated rings. The lowest BCUT2D eigenvalue weighted by molar-refractivity contribution is -0.384. The predicted molar refractivity (Wildman–Crippen MR) is 88.5 cm³/mol. The number of hydrogen-bond acceptors (Lipinski definition) is 4. The van der Waals surface area contributed by atoms with Crippen LogP contribution in [-0.2, 0) is 15.8 Å². The molecule has 2 aromatic carbocycles. The molecule has 0 aliphatic heterocycles. The van der Waals surface area contributed by atoms with Crippen molar-refractivity contribution in [1.29, 1.82) is 0 Å². The molecule has 8 heteroatoms. The summed E-state index contributed by atoms with van der Waals surface area (Å²) in [6, 6.07) is 12.5. The largest absolute Gasteiger partial charge is 0.283 e. The van der Waals surface area contributed by atoms with Crippen LogP contribution in [0.25, 0.3) is 0 Å². The lowest BCUT2D eigenvalue weighted by Gasteiger charge is -2.08. The maximum atomic E-state index is 12.1. The Kier molecular flexibility index (Phi) is 4.78. The number of halogens is 1. The van der Waals surface area contributed by atoms with Gasteiger partial charge in [0.05, 0.1) is 10.7 Å². The normalized spacial score (nSPS) is 11.1. The first-order chi connectivity index (χ1) is 9.85. The van der Waals surface area contributed by atoms with Gasteiger partial charge >= 0.3 is 0 Å². The fourth-order valence-corrected chi connectivity index (χ4v) is 3.26. The van der Waals surface area contributed by atoms with Crippen LogP contribution in [0.5, 0.6) is 0 Å². The monoisotopic (exact) mass is 418 g/mol. The number of hydrogen-bond donors (Lipinski definition) is 1. The van der Waals surface area contributed by atoms with Crippen molar-refractivity contribution < 1.29 is 13.3 Å². The highest BCUT2D eigenvalue weighted by Crippen LogP contribution is 2.18. The van der Waals surface area contributed by atoms with Crippen LogP contribution in [0.4, 0.5) is 11.4 Å². The van der Waals surface area contributed by atoms with E-state index in [1.54, 1.807) is 30.3 Å². The van der Waals surface area contributed by atoms with Gasteiger partial charge in [0, 0.05) is 21.4 Å². The molecule has 0 saturated carbocycles. The lowest BCUT2D eigenvalue weighted by atomic mass is 10.2. The first-order valence-electron chi connectivity index (χ1n) is 5.85. The molecular weight excluding hydrogens is 407 g/mol. The third kappa shape index (κ3) is 4.67. The summed E-state index contributed by atoms with van der Waals surface area (Å²) in [6.07, 6.45) is 0. The molecule has 0 amide bonds. The second-order valence-corrected chi connectivity index (χ2v) is 7.26. The van der Waals surface area contributed by atoms with Crippen LogP contribution in [0.1, 0.15) is 5.56 Å². The van der Waals surface area contributed by atoms with Gasteiger partial charge in [0.15, 0.2) is 0 Å². The zero-order valence-corrected chi connectivity index (χ0v) is 13.7.